The van der Waals surface area contributed by atoms with E-state index < -0.39 is 18.4 Å². The Kier molecular flexibility index (Phi) is 6.67. The number of hydrogen-bond donors (Lipinski definition) is 0. The summed E-state index contributed by atoms with van der Waals surface area (Å²) in [6.45, 7) is 1.87. The third kappa shape index (κ3) is 4.66. The van der Waals surface area contributed by atoms with Gasteiger partial charge in [-0.1, -0.05) is 54.7 Å². The maximum atomic E-state index is 12.7. The minimum Gasteiger partial charge on any atom is -0.452 e. The predicted octanol–water partition coefficient (Wildman–Crippen LogP) is 4.54. The van der Waals surface area contributed by atoms with Crippen LogP contribution < -0.4 is 5.56 Å². The molecule has 1 heterocycles. The minimum atomic E-state index is -0.787. The molecule has 0 saturated carbocycles. The minimum absolute atomic E-state index is 0.00805. The lowest BCUT2D eigenvalue weighted by atomic mass is 10.1. The zero-order valence-corrected chi connectivity index (χ0v) is 17.2. The average molecular weight is 433 g/mol. The number of rotatable bonds is 7. The first-order valence-electron chi connectivity index (χ1n) is 9.07. The normalized spacial score (nSPS) is 10.9. The summed E-state index contributed by atoms with van der Waals surface area (Å²) in [5, 5.41) is 5.52. The average Bonchev–Trinajstić information content (AvgIpc) is 2.71. The van der Waals surface area contributed by atoms with E-state index >= 15 is 0 Å². The van der Waals surface area contributed by atoms with Crippen molar-refractivity contribution in [3.05, 3.63) is 74.1 Å². The van der Waals surface area contributed by atoms with Crippen molar-refractivity contribution in [2.75, 3.05) is 6.61 Å². The second-order valence-corrected chi connectivity index (χ2v) is 7.24. The number of benzene rings is 2. The first-order valence-corrected chi connectivity index (χ1v) is 9.83. The number of fused-ring (bicyclic) bond motifs is 1. The van der Waals surface area contributed by atoms with E-state index in [1.54, 1.807) is 24.3 Å². The number of aromatic nitrogens is 2. The van der Waals surface area contributed by atoms with Crippen LogP contribution in [0, 0.1) is 0 Å². The Labute approximate surface area is 177 Å². The Bertz CT molecular complexity index is 1140. The summed E-state index contributed by atoms with van der Waals surface area (Å²) in [6, 6.07) is 11.1. The van der Waals surface area contributed by atoms with E-state index in [4.69, 9.17) is 27.9 Å². The Morgan fingerprint density at radius 1 is 1.10 bits per heavy atom. The molecular weight excluding hydrogens is 415 g/mol. The van der Waals surface area contributed by atoms with Gasteiger partial charge in [-0.3, -0.25) is 9.59 Å². The van der Waals surface area contributed by atoms with Crippen molar-refractivity contribution in [3.8, 4) is 0 Å². The molecule has 29 heavy (non-hydrogen) atoms. The van der Waals surface area contributed by atoms with Crippen LogP contribution in [-0.2, 0) is 11.3 Å². The fraction of sp³-hybridized carbons (Fsp3) is 0.238. The molecule has 150 valence electrons. The van der Waals surface area contributed by atoms with E-state index in [0.29, 0.717) is 22.3 Å². The number of esters is 1. The number of hydrogen-bond acceptors (Lipinski definition) is 5. The molecule has 3 rings (SSSR count). The van der Waals surface area contributed by atoms with Crippen molar-refractivity contribution in [2.45, 2.75) is 26.3 Å². The number of aryl methyl sites for hydroxylation is 1. The summed E-state index contributed by atoms with van der Waals surface area (Å²) < 4.78 is 6.44. The molecule has 1 aromatic heterocycles. The van der Waals surface area contributed by atoms with Crippen molar-refractivity contribution in [1.29, 1.82) is 0 Å². The van der Waals surface area contributed by atoms with Crippen molar-refractivity contribution in [3.63, 3.8) is 0 Å². The van der Waals surface area contributed by atoms with Crippen LogP contribution in [0.15, 0.2) is 47.3 Å². The highest BCUT2D eigenvalue weighted by molar-refractivity contribution is 6.36. The molecule has 0 fully saturated rings. The standard InChI is InChI=1S/C21H18Cl2N2O4/c1-2-3-10-25-20(27)15-7-5-4-6-14(15)19(24-25)21(28)29-12-18(26)16-9-8-13(22)11-17(16)23/h4-9,11H,2-3,10,12H2,1H3. The van der Waals surface area contributed by atoms with Gasteiger partial charge in [-0.2, -0.15) is 5.10 Å². The highest BCUT2D eigenvalue weighted by Gasteiger charge is 2.20. The van der Waals surface area contributed by atoms with Gasteiger partial charge < -0.3 is 4.74 Å². The molecule has 0 N–H and O–H groups in total. The summed E-state index contributed by atoms with van der Waals surface area (Å²) in [5.74, 6) is -1.26. The van der Waals surface area contributed by atoms with E-state index in [1.807, 2.05) is 6.92 Å². The van der Waals surface area contributed by atoms with Gasteiger partial charge in [0.1, 0.15) is 0 Å². The molecule has 2 aromatic carbocycles. The second kappa shape index (κ2) is 9.20. The van der Waals surface area contributed by atoms with Gasteiger partial charge in [-0.15, -0.1) is 0 Å². The summed E-state index contributed by atoms with van der Waals surface area (Å²) >= 11 is 11.9. The van der Waals surface area contributed by atoms with Crippen LogP contribution in [0.3, 0.4) is 0 Å². The van der Waals surface area contributed by atoms with Crippen LogP contribution >= 0.6 is 23.2 Å². The first-order chi connectivity index (χ1) is 13.9. The van der Waals surface area contributed by atoms with Crippen LogP contribution in [0.5, 0.6) is 0 Å². The second-order valence-electron chi connectivity index (χ2n) is 6.40. The van der Waals surface area contributed by atoms with Gasteiger partial charge in [0.25, 0.3) is 5.56 Å². The summed E-state index contributed by atoms with van der Waals surface area (Å²) in [4.78, 5) is 37.6. The quantitative estimate of drug-likeness (QED) is 0.404. The zero-order valence-electron chi connectivity index (χ0n) is 15.7. The number of unbranched alkanes of at least 4 members (excludes halogenated alkanes) is 1. The summed E-state index contributed by atoms with van der Waals surface area (Å²) in [6.07, 6.45) is 1.62. The molecule has 0 saturated heterocycles. The Hall–Kier alpha value is -2.70. The van der Waals surface area contributed by atoms with E-state index in [1.165, 1.54) is 22.9 Å². The number of ketones is 1. The van der Waals surface area contributed by atoms with Gasteiger partial charge in [0.2, 0.25) is 5.78 Å². The van der Waals surface area contributed by atoms with Crippen molar-refractivity contribution in [2.24, 2.45) is 0 Å². The molecule has 0 bridgehead atoms. The molecule has 0 aliphatic rings. The van der Waals surface area contributed by atoms with Crippen molar-refractivity contribution >= 4 is 45.7 Å². The molecule has 6 nitrogen and oxygen atoms in total. The molecule has 0 aliphatic heterocycles. The summed E-state index contributed by atoms with van der Waals surface area (Å²) in [7, 11) is 0. The third-order valence-corrected chi connectivity index (χ3v) is 4.90. The topological polar surface area (TPSA) is 78.3 Å². The van der Waals surface area contributed by atoms with Gasteiger partial charge in [0, 0.05) is 22.5 Å². The smallest absolute Gasteiger partial charge is 0.359 e. The molecule has 0 unspecified atom stereocenters. The number of ether oxygens (including phenoxy) is 1. The number of Topliss-reactive ketones (excluding diaryl/α,β-unsaturated/α-hetero) is 1. The van der Waals surface area contributed by atoms with Crippen LogP contribution in [0.25, 0.3) is 10.8 Å². The number of carbonyl (C=O) groups excluding carboxylic acids is 2. The highest BCUT2D eigenvalue weighted by atomic mass is 35.5. The molecule has 0 atom stereocenters. The molecule has 3 aromatic rings. The fourth-order valence-electron chi connectivity index (χ4n) is 2.84. The van der Waals surface area contributed by atoms with Crippen molar-refractivity contribution in [1.82, 2.24) is 9.78 Å². The van der Waals surface area contributed by atoms with E-state index in [0.717, 1.165) is 12.8 Å². The molecule has 0 amide bonds. The van der Waals surface area contributed by atoms with Gasteiger partial charge in [0.05, 0.1) is 10.4 Å². The summed E-state index contributed by atoms with van der Waals surface area (Å²) in [5.41, 5.74) is -0.0736. The molecule has 0 radical (unpaired) electrons. The van der Waals surface area contributed by atoms with E-state index in [2.05, 4.69) is 5.10 Å². The highest BCUT2D eigenvalue weighted by Crippen LogP contribution is 2.22. The van der Waals surface area contributed by atoms with Crippen molar-refractivity contribution < 1.29 is 14.3 Å². The number of carbonyl (C=O) groups is 2. The zero-order chi connectivity index (χ0) is 21.0. The fourth-order valence-corrected chi connectivity index (χ4v) is 3.35. The van der Waals surface area contributed by atoms with Crippen LogP contribution in [0.4, 0.5) is 0 Å². The van der Waals surface area contributed by atoms with Crippen LogP contribution in [-0.4, -0.2) is 28.1 Å². The molecule has 8 heteroatoms. The van der Waals surface area contributed by atoms with Crippen LogP contribution in [0.1, 0.15) is 40.6 Å². The number of nitrogens with zero attached hydrogens (tertiary/aromatic N) is 2. The first kappa shape index (κ1) is 21.0. The third-order valence-electron chi connectivity index (χ3n) is 4.35. The lowest BCUT2D eigenvalue weighted by molar-refractivity contribution is 0.0468. The predicted molar refractivity (Wildman–Crippen MR) is 112 cm³/mol. The Morgan fingerprint density at radius 2 is 1.83 bits per heavy atom. The lowest BCUT2D eigenvalue weighted by Crippen LogP contribution is -2.27. The van der Waals surface area contributed by atoms with Gasteiger partial charge in [-0.25, -0.2) is 9.48 Å². The van der Waals surface area contributed by atoms with Crippen LogP contribution in [0.2, 0.25) is 10.0 Å². The maximum Gasteiger partial charge on any atom is 0.359 e. The van der Waals surface area contributed by atoms with E-state index in [9.17, 15) is 14.4 Å². The Balaban J connectivity index is 1.87. The molecule has 0 spiro atoms. The van der Waals surface area contributed by atoms with E-state index in [-0.39, 0.29) is 21.8 Å². The van der Waals surface area contributed by atoms with Gasteiger partial charge in [-0.05, 0) is 30.7 Å². The molecular formula is C21H18Cl2N2O4. The Morgan fingerprint density at radius 3 is 2.52 bits per heavy atom. The van der Waals surface area contributed by atoms with Gasteiger partial charge >= 0.3 is 5.97 Å². The largest absolute Gasteiger partial charge is 0.452 e. The maximum absolute atomic E-state index is 12.7. The monoisotopic (exact) mass is 432 g/mol. The number of halogens is 2. The lowest BCUT2D eigenvalue weighted by Gasteiger charge is -2.11. The SMILES string of the molecule is CCCCn1nc(C(=O)OCC(=O)c2ccc(Cl)cc2Cl)c2ccccc2c1=O. The van der Waals surface area contributed by atoms with Gasteiger partial charge in [0.15, 0.2) is 12.3 Å². The molecule has 0 aliphatic carbocycles.